The Hall–Kier alpha value is -4.04. The van der Waals surface area contributed by atoms with E-state index < -0.39 is 5.97 Å². The molecule has 0 saturated heterocycles. The fraction of sp³-hybridized carbons (Fsp3) is 0.207. The number of hydrogen-bond donors (Lipinski definition) is 1. The predicted molar refractivity (Wildman–Crippen MR) is 131 cm³/mol. The first kappa shape index (κ1) is 23.1. The van der Waals surface area contributed by atoms with E-state index in [1.807, 2.05) is 72.2 Å². The molecule has 4 nitrogen and oxygen atoms in total. The Balaban J connectivity index is 1.53. The molecule has 0 aliphatic rings. The maximum atomic E-state index is 14.6. The van der Waals surface area contributed by atoms with Crippen LogP contribution in [-0.2, 0) is 17.9 Å². The molecule has 0 unspecified atom stereocenters. The van der Waals surface area contributed by atoms with Gasteiger partial charge in [0.05, 0.1) is 17.9 Å². The average molecular weight is 456 g/mol. The predicted octanol–water partition coefficient (Wildman–Crippen LogP) is 6.30. The van der Waals surface area contributed by atoms with Gasteiger partial charge >= 0.3 is 5.97 Å². The minimum Gasteiger partial charge on any atom is -0.489 e. The van der Waals surface area contributed by atoms with E-state index >= 15 is 0 Å². The Morgan fingerprint density at radius 2 is 1.82 bits per heavy atom. The van der Waals surface area contributed by atoms with Crippen molar-refractivity contribution in [1.82, 2.24) is 4.57 Å². The number of aryl methyl sites for hydroxylation is 1. The van der Waals surface area contributed by atoms with Crippen LogP contribution in [0.25, 0.3) is 10.9 Å². The molecule has 0 radical (unpaired) electrons. The lowest BCUT2D eigenvalue weighted by atomic mass is 9.96. The number of fused-ring (bicyclic) bond motifs is 1. The van der Waals surface area contributed by atoms with Crippen LogP contribution in [0.5, 0.6) is 5.75 Å². The van der Waals surface area contributed by atoms with Gasteiger partial charge in [-0.25, -0.2) is 4.39 Å². The summed E-state index contributed by atoms with van der Waals surface area (Å²) in [5, 5.41) is 9.72. The Labute approximate surface area is 198 Å². The molecular formula is C29H26FNO3. The maximum absolute atomic E-state index is 14.6. The molecule has 34 heavy (non-hydrogen) atoms. The third-order valence-electron chi connectivity index (χ3n) is 5.93. The van der Waals surface area contributed by atoms with Crippen molar-refractivity contribution in [3.63, 3.8) is 0 Å². The smallest absolute Gasteiger partial charge is 0.304 e. The van der Waals surface area contributed by atoms with Crippen LogP contribution in [0, 0.1) is 24.6 Å². The number of hydrogen-bond acceptors (Lipinski definition) is 2. The van der Waals surface area contributed by atoms with Crippen molar-refractivity contribution in [3.05, 3.63) is 101 Å². The highest BCUT2D eigenvalue weighted by atomic mass is 19.1. The summed E-state index contributed by atoms with van der Waals surface area (Å²) < 4.78 is 22.6. The number of carboxylic acids is 1. The Bertz CT molecular complexity index is 1360. The van der Waals surface area contributed by atoms with E-state index in [4.69, 9.17) is 9.84 Å². The lowest BCUT2D eigenvalue weighted by Crippen LogP contribution is -2.05. The van der Waals surface area contributed by atoms with E-state index in [-0.39, 0.29) is 18.2 Å². The summed E-state index contributed by atoms with van der Waals surface area (Å²) in [4.78, 5) is 11.1. The zero-order valence-corrected chi connectivity index (χ0v) is 19.2. The lowest BCUT2D eigenvalue weighted by molar-refractivity contribution is -0.137. The summed E-state index contributed by atoms with van der Waals surface area (Å²) in [5.41, 5.74) is 4.77. The lowest BCUT2D eigenvalue weighted by Gasteiger charge is -2.13. The van der Waals surface area contributed by atoms with Gasteiger partial charge < -0.3 is 14.4 Å². The van der Waals surface area contributed by atoms with Gasteiger partial charge in [0, 0.05) is 18.1 Å². The van der Waals surface area contributed by atoms with Crippen molar-refractivity contribution in [2.75, 3.05) is 0 Å². The number of benzene rings is 3. The van der Waals surface area contributed by atoms with Crippen molar-refractivity contribution < 1.29 is 19.0 Å². The molecule has 1 aromatic heterocycles. The molecule has 172 valence electrons. The van der Waals surface area contributed by atoms with Gasteiger partial charge in [0.15, 0.2) is 0 Å². The van der Waals surface area contributed by atoms with E-state index in [0.717, 1.165) is 27.8 Å². The standard InChI is InChI=1S/C29H26FNO3/c1-3-7-23(16-28(32)33)22-10-13-25(14-11-22)34-19-24-12-15-26-27(30)18-31(29(26)20(24)2)17-21-8-5-4-6-9-21/h4-6,8-15,18,23H,16-17,19H2,1-2H3,(H,32,33)/t23-/m0/s1. The van der Waals surface area contributed by atoms with Crippen LogP contribution in [-0.4, -0.2) is 15.6 Å². The molecule has 0 aliphatic carbocycles. The average Bonchev–Trinajstić information content (AvgIpc) is 3.14. The molecule has 0 saturated carbocycles. The van der Waals surface area contributed by atoms with Crippen LogP contribution < -0.4 is 4.74 Å². The van der Waals surface area contributed by atoms with E-state index in [1.54, 1.807) is 19.2 Å². The van der Waals surface area contributed by atoms with Crippen LogP contribution in [0.15, 0.2) is 72.9 Å². The first-order chi connectivity index (χ1) is 16.5. The van der Waals surface area contributed by atoms with Crippen LogP contribution in [0.4, 0.5) is 4.39 Å². The number of carboxylic acid groups (broad SMARTS) is 1. The number of halogens is 1. The van der Waals surface area contributed by atoms with Crippen molar-refractivity contribution in [2.24, 2.45) is 0 Å². The molecule has 4 aromatic rings. The molecular weight excluding hydrogens is 429 g/mol. The molecule has 0 bridgehead atoms. The van der Waals surface area contributed by atoms with E-state index in [1.165, 1.54) is 0 Å². The van der Waals surface area contributed by atoms with Crippen molar-refractivity contribution in [3.8, 4) is 17.6 Å². The summed E-state index contributed by atoms with van der Waals surface area (Å²) in [7, 11) is 0. The van der Waals surface area contributed by atoms with Gasteiger partial charge in [-0.3, -0.25) is 4.79 Å². The molecule has 3 aromatic carbocycles. The summed E-state index contributed by atoms with van der Waals surface area (Å²) in [6.45, 7) is 4.62. The number of aliphatic carboxylic acids is 1. The van der Waals surface area contributed by atoms with E-state index in [9.17, 15) is 9.18 Å². The van der Waals surface area contributed by atoms with Gasteiger partial charge in [-0.15, -0.1) is 5.92 Å². The topological polar surface area (TPSA) is 51.5 Å². The third kappa shape index (κ3) is 5.13. The molecule has 0 fully saturated rings. The summed E-state index contributed by atoms with van der Waals surface area (Å²) in [5.74, 6) is 4.96. The highest BCUT2D eigenvalue weighted by Gasteiger charge is 2.15. The quantitative estimate of drug-likeness (QED) is 0.317. The van der Waals surface area contributed by atoms with E-state index in [2.05, 4.69) is 11.8 Å². The molecule has 1 atom stereocenters. The van der Waals surface area contributed by atoms with Crippen LogP contribution in [0.3, 0.4) is 0 Å². The highest BCUT2D eigenvalue weighted by molar-refractivity contribution is 5.85. The number of carbonyl (C=O) groups is 1. The number of rotatable bonds is 8. The first-order valence-corrected chi connectivity index (χ1v) is 11.1. The zero-order chi connectivity index (χ0) is 24.1. The second kappa shape index (κ2) is 10.3. The highest BCUT2D eigenvalue weighted by Crippen LogP contribution is 2.28. The van der Waals surface area contributed by atoms with Crippen LogP contribution >= 0.6 is 0 Å². The van der Waals surface area contributed by atoms with Crippen molar-refractivity contribution in [1.29, 1.82) is 0 Å². The Kier molecular flexibility index (Phi) is 6.98. The second-order valence-corrected chi connectivity index (χ2v) is 8.24. The van der Waals surface area contributed by atoms with Gasteiger partial charge in [0.1, 0.15) is 18.2 Å². The van der Waals surface area contributed by atoms with E-state index in [0.29, 0.717) is 24.3 Å². The molecule has 1 N–H and O–H groups in total. The minimum absolute atomic E-state index is 0.0422. The van der Waals surface area contributed by atoms with Gasteiger partial charge in [0.2, 0.25) is 0 Å². The Morgan fingerprint density at radius 1 is 1.09 bits per heavy atom. The molecule has 5 heteroatoms. The fourth-order valence-corrected chi connectivity index (χ4v) is 4.20. The summed E-state index contributed by atoms with van der Waals surface area (Å²) in [6.07, 6.45) is 1.51. The first-order valence-electron chi connectivity index (χ1n) is 11.1. The fourth-order valence-electron chi connectivity index (χ4n) is 4.20. The molecule has 4 rings (SSSR count). The second-order valence-electron chi connectivity index (χ2n) is 8.24. The van der Waals surface area contributed by atoms with Crippen molar-refractivity contribution in [2.45, 2.75) is 39.3 Å². The molecule has 0 spiro atoms. The van der Waals surface area contributed by atoms with Crippen molar-refractivity contribution >= 4 is 16.9 Å². The summed E-state index contributed by atoms with van der Waals surface area (Å²) >= 11 is 0. The normalized spacial score (nSPS) is 11.6. The molecule has 1 heterocycles. The number of aromatic nitrogens is 1. The third-order valence-corrected chi connectivity index (χ3v) is 5.93. The zero-order valence-electron chi connectivity index (χ0n) is 19.2. The summed E-state index contributed by atoms with van der Waals surface area (Å²) in [6, 6.07) is 21.1. The monoisotopic (exact) mass is 455 g/mol. The molecule has 0 amide bonds. The van der Waals surface area contributed by atoms with Gasteiger partial charge in [0.25, 0.3) is 0 Å². The Morgan fingerprint density at radius 3 is 2.50 bits per heavy atom. The SMILES string of the molecule is CC#C[C@@H](CC(=O)O)c1ccc(OCc2ccc3c(F)cn(Cc4ccccc4)c3c2C)cc1. The number of ether oxygens (including phenoxy) is 1. The van der Waals surface area contributed by atoms with Crippen LogP contribution in [0.1, 0.15) is 41.5 Å². The molecule has 0 aliphatic heterocycles. The minimum atomic E-state index is -0.882. The maximum Gasteiger partial charge on any atom is 0.304 e. The van der Waals surface area contributed by atoms with Gasteiger partial charge in [-0.05, 0) is 54.3 Å². The van der Waals surface area contributed by atoms with Gasteiger partial charge in [-0.1, -0.05) is 54.5 Å². The number of nitrogens with zero attached hydrogens (tertiary/aromatic N) is 1. The van der Waals surface area contributed by atoms with Crippen LogP contribution in [0.2, 0.25) is 0 Å². The largest absolute Gasteiger partial charge is 0.489 e. The van der Waals surface area contributed by atoms with Gasteiger partial charge in [-0.2, -0.15) is 0 Å².